The maximum absolute atomic E-state index is 4.93. The van der Waals surface area contributed by atoms with E-state index in [0.29, 0.717) is 0 Å². The zero-order valence-electron chi connectivity index (χ0n) is 33.7. The Morgan fingerprint density at radius 1 is 0.333 bits per heavy atom. The van der Waals surface area contributed by atoms with E-state index in [9.17, 15) is 0 Å². The molecular formula is C56H44Cl2SiZr. The van der Waals surface area contributed by atoms with Crippen molar-refractivity contribution in [1.82, 2.24) is 0 Å². The molecule has 0 bridgehead atoms. The molecule has 0 heterocycles. The van der Waals surface area contributed by atoms with Gasteiger partial charge in [-0.3, -0.25) is 0 Å². The summed E-state index contributed by atoms with van der Waals surface area (Å²) in [5.41, 5.74) is 15.2. The van der Waals surface area contributed by atoms with E-state index in [1.54, 1.807) is 0 Å². The van der Waals surface area contributed by atoms with Crippen molar-refractivity contribution in [2.45, 2.75) is 13.1 Å². The molecule has 0 fully saturated rings. The minimum Gasteiger partial charge on any atom is -0.144 e. The van der Waals surface area contributed by atoms with Gasteiger partial charge < -0.3 is 0 Å². The van der Waals surface area contributed by atoms with Crippen molar-refractivity contribution in [2.24, 2.45) is 0 Å². The van der Waals surface area contributed by atoms with Crippen LogP contribution in [0.5, 0.6) is 0 Å². The smallest absolute Gasteiger partial charge is 0.0259 e. The van der Waals surface area contributed by atoms with Crippen molar-refractivity contribution >= 4 is 48.1 Å². The van der Waals surface area contributed by atoms with E-state index in [-0.39, 0.29) is 0 Å². The van der Waals surface area contributed by atoms with E-state index in [1.165, 1.54) is 88.3 Å². The summed E-state index contributed by atoms with van der Waals surface area (Å²) in [6.45, 7) is 4.31. The molecule has 0 unspecified atom stereocenters. The summed E-state index contributed by atoms with van der Waals surface area (Å²) < 4.78 is 0. The van der Waals surface area contributed by atoms with Gasteiger partial charge in [0.25, 0.3) is 0 Å². The SMILES string of the molecule is C[Si]C.[Cl][Zr+2][Cl].c1ccc(-c2cc3c(-c4ccccc4)ccc(-c4ccccc4)c3[cH-]2)cc1.c1ccc(-c2cc3c(-c4ccccc4)ccc(-c4ccccc4)c3[cH-]2)cc1. The van der Waals surface area contributed by atoms with Crippen LogP contribution < -0.4 is 0 Å². The first-order chi connectivity index (χ1) is 29.6. The van der Waals surface area contributed by atoms with Crippen LogP contribution in [-0.2, 0) is 20.8 Å². The molecule has 2 radical (unpaired) electrons. The molecule has 0 spiro atoms. The fourth-order valence-electron chi connectivity index (χ4n) is 7.67. The van der Waals surface area contributed by atoms with Gasteiger partial charge in [-0.15, -0.1) is 56.9 Å². The number of benzene rings is 8. The summed E-state index contributed by atoms with van der Waals surface area (Å²) in [5.74, 6) is 0. The second-order valence-electron chi connectivity index (χ2n) is 14.2. The van der Waals surface area contributed by atoms with Crippen LogP contribution >= 0.6 is 17.0 Å². The van der Waals surface area contributed by atoms with Gasteiger partial charge in [0, 0.05) is 9.52 Å². The summed E-state index contributed by atoms with van der Waals surface area (Å²) in [5, 5.41) is 5.23. The van der Waals surface area contributed by atoms with Gasteiger partial charge in [-0.2, -0.15) is 0 Å². The number of hydrogen-bond donors (Lipinski definition) is 0. The normalized spacial score (nSPS) is 10.3. The van der Waals surface area contributed by atoms with Crippen LogP contribution in [0, 0.1) is 0 Å². The van der Waals surface area contributed by atoms with Gasteiger partial charge in [-0.25, -0.2) is 0 Å². The third kappa shape index (κ3) is 10.3. The fraction of sp³-hybridized carbons (Fsp3) is 0.0357. The van der Waals surface area contributed by atoms with Crippen molar-refractivity contribution in [1.29, 1.82) is 0 Å². The zero-order valence-corrected chi connectivity index (χ0v) is 38.7. The van der Waals surface area contributed by atoms with Crippen LogP contribution in [0.2, 0.25) is 13.1 Å². The zero-order chi connectivity index (χ0) is 41.5. The minimum atomic E-state index is -0.826. The summed E-state index contributed by atoms with van der Waals surface area (Å²) in [7, 11) is 11.0. The Labute approximate surface area is 376 Å². The van der Waals surface area contributed by atoms with E-state index in [0.717, 1.165) is 9.52 Å². The molecule has 0 aromatic heterocycles. The average molecular weight is 907 g/mol. The first-order valence-corrected chi connectivity index (χ1v) is 28.3. The summed E-state index contributed by atoms with van der Waals surface area (Å²) >= 11 is -0.826. The van der Waals surface area contributed by atoms with Gasteiger partial charge >= 0.3 is 37.9 Å². The monoisotopic (exact) mass is 904 g/mol. The molecule has 0 N–H and O–H groups in total. The molecule has 0 aliphatic carbocycles. The predicted octanol–water partition coefficient (Wildman–Crippen LogP) is 17.3. The first kappa shape index (κ1) is 42.8. The first-order valence-electron chi connectivity index (χ1n) is 20.0. The summed E-state index contributed by atoms with van der Waals surface area (Å²) in [6, 6.07) is 82.2. The molecule has 0 aliphatic heterocycles. The van der Waals surface area contributed by atoms with E-state index in [4.69, 9.17) is 17.0 Å². The molecule has 10 aromatic rings. The van der Waals surface area contributed by atoms with E-state index >= 15 is 0 Å². The van der Waals surface area contributed by atoms with Crippen LogP contribution in [-0.4, -0.2) is 9.52 Å². The van der Waals surface area contributed by atoms with Gasteiger partial charge in [0.1, 0.15) is 0 Å². The van der Waals surface area contributed by atoms with E-state index < -0.39 is 20.8 Å². The third-order valence-corrected chi connectivity index (χ3v) is 10.3. The van der Waals surface area contributed by atoms with Crippen molar-refractivity contribution in [2.75, 3.05) is 0 Å². The maximum atomic E-state index is 4.93. The van der Waals surface area contributed by atoms with Gasteiger partial charge in [-0.1, -0.05) is 264 Å². The molecule has 60 heavy (non-hydrogen) atoms. The van der Waals surface area contributed by atoms with Crippen LogP contribution in [0.25, 0.3) is 88.3 Å². The van der Waals surface area contributed by atoms with E-state index in [1.807, 2.05) is 0 Å². The van der Waals surface area contributed by atoms with Crippen molar-refractivity contribution < 1.29 is 20.8 Å². The minimum absolute atomic E-state index is 0.826. The number of hydrogen-bond acceptors (Lipinski definition) is 0. The van der Waals surface area contributed by atoms with Crippen molar-refractivity contribution in [3.63, 3.8) is 0 Å². The van der Waals surface area contributed by atoms with Gasteiger partial charge in [0.05, 0.1) is 0 Å². The largest absolute Gasteiger partial charge is 0.144 e. The average Bonchev–Trinajstić information content (AvgIpc) is 3.98. The molecule has 0 atom stereocenters. The maximum Gasteiger partial charge on any atom is -0.0259 e. The molecule has 4 heteroatoms. The Morgan fingerprint density at radius 2 is 0.550 bits per heavy atom. The van der Waals surface area contributed by atoms with E-state index in [2.05, 4.69) is 244 Å². The van der Waals surface area contributed by atoms with Crippen LogP contribution in [0.1, 0.15) is 0 Å². The predicted molar refractivity (Wildman–Crippen MR) is 261 cm³/mol. The number of halogens is 2. The molecule has 0 amide bonds. The molecule has 290 valence electrons. The molecule has 0 aliphatic rings. The second-order valence-corrected chi connectivity index (χ2v) is 19.0. The van der Waals surface area contributed by atoms with Gasteiger partial charge in [0.2, 0.25) is 0 Å². The summed E-state index contributed by atoms with van der Waals surface area (Å²) in [6.07, 6.45) is 0. The van der Waals surface area contributed by atoms with Crippen molar-refractivity contribution in [3.8, 4) is 66.8 Å². The van der Waals surface area contributed by atoms with Gasteiger partial charge in [0.15, 0.2) is 0 Å². The Hall–Kier alpha value is -5.34. The van der Waals surface area contributed by atoms with Crippen LogP contribution in [0.4, 0.5) is 0 Å². The summed E-state index contributed by atoms with van der Waals surface area (Å²) in [4.78, 5) is 0. The molecule has 0 nitrogen and oxygen atoms in total. The number of fused-ring (bicyclic) bond motifs is 2. The quantitative estimate of drug-likeness (QED) is 0.115. The standard InChI is InChI=1S/2C27H19.C2H6Si.2ClH.Zr/c2*1-4-10-20(11-5-1)23-18-26-24(21-12-6-2-7-13-21)16-17-25(27(26)19-23)22-14-8-3-9-15-22;1-3-2;;;/h2*1-19H;1-2H3;2*1H;/q2*-1;;;;+4/p-2. The fourth-order valence-corrected chi connectivity index (χ4v) is 7.67. The van der Waals surface area contributed by atoms with Gasteiger partial charge in [-0.05, 0) is 11.1 Å². The van der Waals surface area contributed by atoms with Crippen LogP contribution in [0.3, 0.4) is 0 Å². The third-order valence-electron chi connectivity index (χ3n) is 10.3. The molecule has 0 saturated heterocycles. The molecule has 0 saturated carbocycles. The molecular weight excluding hydrogens is 863 g/mol. The van der Waals surface area contributed by atoms with Crippen molar-refractivity contribution in [3.05, 3.63) is 231 Å². The van der Waals surface area contributed by atoms with Crippen LogP contribution in [0.15, 0.2) is 231 Å². The number of rotatable bonds is 6. The molecule has 10 aromatic carbocycles. The second kappa shape index (κ2) is 21.8. The Kier molecular flexibility index (Phi) is 15.5. The topological polar surface area (TPSA) is 0 Å². The molecule has 10 rings (SSSR count). The Morgan fingerprint density at radius 3 is 0.817 bits per heavy atom. The Bertz CT molecular complexity index is 2470. The Balaban J connectivity index is 0.000000161.